The number of methoxy groups -OCH3 is 1. The molecule has 7 heterocycles. The number of rotatable bonds is 3. The van der Waals surface area contributed by atoms with Gasteiger partial charge in [-0.15, -0.1) is 9.05 Å². The summed E-state index contributed by atoms with van der Waals surface area (Å²) in [4.78, 5) is 35.2. The molecule has 3 aliphatic rings. The molecule has 5 N–H and O–H groups in total. The van der Waals surface area contributed by atoms with Crippen LogP contribution in [0, 0.1) is 0 Å². The smallest absolute Gasteiger partial charge is 0.382 e. The van der Waals surface area contributed by atoms with Crippen LogP contribution in [0.1, 0.15) is 12.5 Å². The Bertz CT molecular complexity index is 1740. The number of nitrogen functional groups attached to an aromatic ring is 2. The van der Waals surface area contributed by atoms with Gasteiger partial charge in [-0.2, -0.15) is 4.98 Å². The van der Waals surface area contributed by atoms with Gasteiger partial charge in [0.1, 0.15) is 42.9 Å². The molecular weight excluding hydrogens is 617 g/mol. The highest BCUT2D eigenvalue weighted by Crippen LogP contribution is 2.44. The number of hydrogen-bond donors (Lipinski definition) is 3. The minimum Gasteiger partial charge on any atom is -0.382 e. The Hall–Kier alpha value is -3.32. The van der Waals surface area contributed by atoms with Gasteiger partial charge in [0.2, 0.25) is 5.95 Å². The van der Waals surface area contributed by atoms with Crippen molar-refractivity contribution in [3.63, 3.8) is 0 Å². The highest BCUT2D eigenvalue weighted by molar-refractivity contribution is 7.33. The van der Waals surface area contributed by atoms with Crippen LogP contribution >= 0.6 is 17.3 Å². The molecule has 3 fully saturated rings. The summed E-state index contributed by atoms with van der Waals surface area (Å²) < 4.78 is 72.2. The predicted molar refractivity (Wildman–Crippen MR) is 143 cm³/mol. The molecule has 0 amide bonds. The molecular formula is C21H24FN10O9P2+. The van der Waals surface area contributed by atoms with E-state index in [-0.39, 0.29) is 47.3 Å². The van der Waals surface area contributed by atoms with Crippen LogP contribution in [0.2, 0.25) is 0 Å². The second kappa shape index (κ2) is 11.3. The van der Waals surface area contributed by atoms with Crippen LogP contribution in [-0.2, 0) is 36.9 Å². The second-order valence-corrected chi connectivity index (χ2v) is 11.3. The molecule has 228 valence electrons. The molecule has 4 aromatic rings. The first kappa shape index (κ1) is 28.5. The first-order valence-corrected chi connectivity index (χ1v) is 14.7. The lowest BCUT2D eigenvalue weighted by Crippen LogP contribution is -2.36. The zero-order chi connectivity index (χ0) is 29.8. The molecule has 2 bridgehead atoms. The minimum absolute atomic E-state index is 0.0365. The zero-order valence-corrected chi connectivity index (χ0v) is 23.9. The number of aromatic amines is 1. The van der Waals surface area contributed by atoms with Crippen LogP contribution in [0.4, 0.5) is 16.2 Å². The van der Waals surface area contributed by atoms with Gasteiger partial charge in [0, 0.05) is 11.7 Å². The third-order valence-corrected chi connectivity index (χ3v) is 8.68. The van der Waals surface area contributed by atoms with Crippen LogP contribution in [0.5, 0.6) is 0 Å². The van der Waals surface area contributed by atoms with Gasteiger partial charge in [-0.05, 0) is 0 Å². The lowest BCUT2D eigenvalue weighted by molar-refractivity contribution is -0.0552. The fourth-order valence-electron chi connectivity index (χ4n) is 5.31. The van der Waals surface area contributed by atoms with E-state index in [0.717, 1.165) is 0 Å². The number of ether oxygens (including phenoxy) is 3. The molecule has 0 aromatic carbocycles. The van der Waals surface area contributed by atoms with Crippen LogP contribution in [0.15, 0.2) is 23.8 Å². The molecule has 0 aliphatic carbocycles. The maximum atomic E-state index is 15.8. The lowest BCUT2D eigenvalue weighted by atomic mass is 10.1. The van der Waals surface area contributed by atoms with Gasteiger partial charge < -0.3 is 34.7 Å². The molecule has 0 spiro atoms. The molecule has 19 nitrogen and oxygen atoms in total. The maximum Gasteiger partial charge on any atom is 0.697 e. The van der Waals surface area contributed by atoms with Gasteiger partial charge in [0.15, 0.2) is 56.4 Å². The number of anilines is 2. The topological polar surface area (TPSA) is 241 Å². The van der Waals surface area contributed by atoms with E-state index in [4.69, 9.17) is 43.8 Å². The molecule has 0 radical (unpaired) electrons. The van der Waals surface area contributed by atoms with E-state index in [0.29, 0.717) is 0 Å². The molecule has 43 heavy (non-hydrogen) atoms. The Morgan fingerprint density at radius 3 is 2.63 bits per heavy atom. The van der Waals surface area contributed by atoms with Gasteiger partial charge >= 0.3 is 8.25 Å². The fraction of sp³-hybridized carbons (Fsp3) is 0.524. The molecule has 7 rings (SSSR count). The van der Waals surface area contributed by atoms with Gasteiger partial charge in [-0.25, -0.2) is 24.3 Å². The average Bonchev–Trinajstić information content (AvgIpc) is 3.74. The van der Waals surface area contributed by atoms with Crippen molar-refractivity contribution in [2.24, 2.45) is 0 Å². The minimum atomic E-state index is -2.87. The van der Waals surface area contributed by atoms with Crippen molar-refractivity contribution in [2.75, 3.05) is 31.8 Å². The number of imidazole rings is 2. The van der Waals surface area contributed by atoms with Crippen LogP contribution in [0.25, 0.3) is 22.3 Å². The average molecular weight is 641 g/mol. The van der Waals surface area contributed by atoms with Gasteiger partial charge in [0.05, 0.1) is 19.3 Å². The van der Waals surface area contributed by atoms with E-state index in [1.54, 1.807) is 0 Å². The summed E-state index contributed by atoms with van der Waals surface area (Å²) in [6.07, 6.45) is -4.87. The summed E-state index contributed by atoms with van der Waals surface area (Å²) in [6.45, 7) is -0.481. The monoisotopic (exact) mass is 641 g/mol. The summed E-state index contributed by atoms with van der Waals surface area (Å²) >= 11 is 0. The van der Waals surface area contributed by atoms with Gasteiger partial charge in [-0.3, -0.25) is 18.9 Å². The third-order valence-electron chi connectivity index (χ3n) is 7.25. The molecule has 0 saturated carbocycles. The number of aromatic nitrogens is 8. The zero-order valence-electron chi connectivity index (χ0n) is 22.0. The Balaban J connectivity index is 1.14. The molecule has 22 heteroatoms. The van der Waals surface area contributed by atoms with Crippen LogP contribution in [0.3, 0.4) is 0 Å². The first-order chi connectivity index (χ1) is 20.8. The van der Waals surface area contributed by atoms with Crippen molar-refractivity contribution < 1.29 is 41.3 Å². The normalized spacial score (nSPS) is 33.4. The molecule has 3 aliphatic heterocycles. The van der Waals surface area contributed by atoms with Crippen LogP contribution < -0.4 is 17.0 Å². The quantitative estimate of drug-likeness (QED) is 0.254. The highest BCUT2D eigenvalue weighted by Gasteiger charge is 2.54. The van der Waals surface area contributed by atoms with Crippen molar-refractivity contribution in [1.29, 1.82) is 0 Å². The number of nitrogens with zero attached hydrogens (tertiary/aromatic N) is 7. The Kier molecular flexibility index (Phi) is 7.48. The van der Waals surface area contributed by atoms with Crippen molar-refractivity contribution in [1.82, 2.24) is 39.0 Å². The summed E-state index contributed by atoms with van der Waals surface area (Å²) in [5, 5.41) is 0. The SMILES string of the molecule is COC1C2CO[P+](=O)OC3C(COPOC1C(n1cnc4c(=O)[nH]c(N)nc41)O2)OC(n1cnc2c(N)ncnc21)C3F. The van der Waals surface area contributed by atoms with Gasteiger partial charge in [0.25, 0.3) is 5.56 Å². The number of alkyl halides is 1. The van der Waals surface area contributed by atoms with Crippen molar-refractivity contribution in [3.8, 4) is 0 Å². The Labute approximate surface area is 242 Å². The second-order valence-electron chi connectivity index (χ2n) is 9.70. The molecule has 10 unspecified atom stereocenters. The molecule has 10 atom stereocenters. The summed E-state index contributed by atoms with van der Waals surface area (Å²) in [6, 6.07) is 0. The first-order valence-electron chi connectivity index (χ1n) is 12.8. The summed E-state index contributed by atoms with van der Waals surface area (Å²) in [5.41, 5.74) is 11.8. The van der Waals surface area contributed by atoms with Crippen molar-refractivity contribution in [2.45, 2.75) is 49.1 Å². The number of nitrogens with two attached hydrogens (primary N) is 2. The van der Waals surface area contributed by atoms with Gasteiger partial charge in [-0.1, -0.05) is 0 Å². The number of fused-ring (bicyclic) bond motifs is 5. The van der Waals surface area contributed by atoms with E-state index >= 15 is 4.39 Å². The van der Waals surface area contributed by atoms with E-state index in [1.165, 1.54) is 35.2 Å². The summed E-state index contributed by atoms with van der Waals surface area (Å²) in [5.74, 6) is 0.00274. The van der Waals surface area contributed by atoms with Crippen LogP contribution in [-0.4, -0.2) is 96.1 Å². The highest BCUT2D eigenvalue weighted by atomic mass is 31.1. The lowest BCUT2D eigenvalue weighted by Gasteiger charge is -2.23. The van der Waals surface area contributed by atoms with Crippen molar-refractivity contribution >= 4 is 51.4 Å². The number of nitrogens with one attached hydrogen (secondary N) is 1. The summed E-state index contributed by atoms with van der Waals surface area (Å²) in [7, 11) is -2.03. The van der Waals surface area contributed by atoms with Crippen molar-refractivity contribution in [3.05, 3.63) is 29.3 Å². The molecule has 3 saturated heterocycles. The third kappa shape index (κ3) is 4.94. The Morgan fingerprint density at radius 1 is 1.05 bits per heavy atom. The van der Waals surface area contributed by atoms with E-state index in [2.05, 4.69) is 29.9 Å². The fourth-order valence-corrected chi connectivity index (χ4v) is 6.75. The predicted octanol–water partition coefficient (Wildman–Crippen LogP) is 0.255. The van der Waals surface area contributed by atoms with E-state index in [9.17, 15) is 9.36 Å². The molecule has 4 aromatic heterocycles. The largest absolute Gasteiger partial charge is 0.697 e. The maximum absolute atomic E-state index is 15.8. The standard InChI is InChI=1S/C21H23FN10O9P2/c1-35-13-8-3-37-43(34)41-12-7(38-19(9(12)22)31-5-27-10-15(23)25-4-26-16(10)31)2-36-42-40-14(13)20(39-8)32-6-28-11-17(32)29-21(24)30-18(11)33/h4-9,12-14,19-20,42H,2-3H2,1H3,(H4-,23,24,25,26,29,30,33)/p+1. The Morgan fingerprint density at radius 2 is 1.81 bits per heavy atom. The number of hydrogen-bond acceptors (Lipinski definition) is 16. The van der Waals surface area contributed by atoms with E-state index < -0.39 is 72.0 Å². The number of H-pyrrole nitrogens is 1. The van der Waals surface area contributed by atoms with E-state index in [1.807, 2.05) is 0 Å². The number of halogens is 1.